The summed E-state index contributed by atoms with van der Waals surface area (Å²) in [6.07, 6.45) is 2.16. The highest BCUT2D eigenvalue weighted by molar-refractivity contribution is 5.97. The average Bonchev–Trinajstić information content (AvgIpc) is 2.47. The average molecular weight is 263 g/mol. The van der Waals surface area contributed by atoms with E-state index in [1.165, 1.54) is 0 Å². The van der Waals surface area contributed by atoms with E-state index < -0.39 is 0 Å². The van der Waals surface area contributed by atoms with Gasteiger partial charge in [-0.3, -0.25) is 4.90 Å². The van der Waals surface area contributed by atoms with E-state index in [1.807, 2.05) is 18.2 Å². The molecule has 0 amide bonds. The number of amidine groups is 1. The number of ether oxygens (including phenoxy) is 1. The lowest BCUT2D eigenvalue weighted by atomic mass is 10.1. The highest BCUT2D eigenvalue weighted by atomic mass is 16.5. The van der Waals surface area contributed by atoms with Crippen LogP contribution in [0.4, 0.5) is 0 Å². The Bertz CT molecular complexity index is 442. The molecule has 0 radical (unpaired) electrons. The summed E-state index contributed by atoms with van der Waals surface area (Å²) in [4.78, 5) is 2.34. The minimum atomic E-state index is 0.149. The highest BCUT2D eigenvalue weighted by Crippen LogP contribution is 2.16. The minimum Gasteiger partial charge on any atom is -0.409 e. The van der Waals surface area contributed by atoms with Crippen LogP contribution in [-0.2, 0) is 11.3 Å². The highest BCUT2D eigenvalue weighted by Gasteiger charge is 2.18. The molecule has 1 aliphatic heterocycles. The first-order valence-corrected chi connectivity index (χ1v) is 6.55. The van der Waals surface area contributed by atoms with Gasteiger partial charge < -0.3 is 15.7 Å². The maximum Gasteiger partial charge on any atom is 0.170 e. The Morgan fingerprint density at radius 2 is 2.21 bits per heavy atom. The molecule has 1 aromatic carbocycles. The summed E-state index contributed by atoms with van der Waals surface area (Å²) in [5, 5.41) is 11.7. The van der Waals surface area contributed by atoms with Crippen molar-refractivity contribution in [3.05, 3.63) is 35.4 Å². The Labute approximate surface area is 113 Å². The van der Waals surface area contributed by atoms with Crippen molar-refractivity contribution in [1.82, 2.24) is 4.90 Å². The van der Waals surface area contributed by atoms with Crippen molar-refractivity contribution in [1.29, 1.82) is 0 Å². The van der Waals surface area contributed by atoms with E-state index >= 15 is 0 Å². The molecule has 0 saturated carbocycles. The third-order valence-corrected chi connectivity index (χ3v) is 3.58. The first-order chi connectivity index (χ1) is 9.20. The topological polar surface area (TPSA) is 71.1 Å². The van der Waals surface area contributed by atoms with Crippen molar-refractivity contribution in [3.8, 4) is 0 Å². The van der Waals surface area contributed by atoms with E-state index in [1.54, 1.807) is 0 Å². The van der Waals surface area contributed by atoms with Crippen LogP contribution in [0.15, 0.2) is 29.4 Å². The zero-order valence-electron chi connectivity index (χ0n) is 11.2. The van der Waals surface area contributed by atoms with Gasteiger partial charge >= 0.3 is 0 Å². The number of oxime groups is 1. The zero-order valence-corrected chi connectivity index (χ0v) is 11.2. The van der Waals surface area contributed by atoms with Crippen LogP contribution in [0.25, 0.3) is 0 Å². The molecule has 1 heterocycles. The van der Waals surface area contributed by atoms with Crippen LogP contribution in [0.5, 0.6) is 0 Å². The Hall–Kier alpha value is -1.59. The maximum atomic E-state index is 8.70. The van der Waals surface area contributed by atoms with Gasteiger partial charge in [-0.15, -0.1) is 0 Å². The van der Waals surface area contributed by atoms with Crippen molar-refractivity contribution >= 4 is 5.84 Å². The van der Waals surface area contributed by atoms with Gasteiger partial charge in [0.15, 0.2) is 5.84 Å². The molecule has 5 heteroatoms. The van der Waals surface area contributed by atoms with Gasteiger partial charge in [0.1, 0.15) is 0 Å². The van der Waals surface area contributed by atoms with Crippen LogP contribution in [0.3, 0.4) is 0 Å². The van der Waals surface area contributed by atoms with Gasteiger partial charge in [0, 0.05) is 31.4 Å². The summed E-state index contributed by atoms with van der Waals surface area (Å²) in [5.74, 6) is 0.149. The number of hydrogen-bond acceptors (Lipinski definition) is 4. The standard InChI is InChI=1S/C14H21N3O2/c1-17(13-5-7-19-8-6-13)10-11-3-2-4-12(9-11)14(15)16-18/h2-4,9,13,18H,5-8,10H2,1H3,(H2,15,16). The van der Waals surface area contributed by atoms with Crippen molar-refractivity contribution < 1.29 is 9.94 Å². The lowest BCUT2D eigenvalue weighted by Crippen LogP contribution is -2.36. The molecule has 104 valence electrons. The fourth-order valence-electron chi connectivity index (χ4n) is 2.43. The molecule has 1 aromatic rings. The summed E-state index contributed by atoms with van der Waals surface area (Å²) < 4.78 is 5.38. The van der Waals surface area contributed by atoms with Crippen molar-refractivity contribution in [2.45, 2.75) is 25.4 Å². The molecular formula is C14H21N3O2. The van der Waals surface area contributed by atoms with E-state index in [4.69, 9.17) is 15.7 Å². The number of hydrogen-bond donors (Lipinski definition) is 2. The van der Waals surface area contributed by atoms with Crippen molar-refractivity contribution in [2.24, 2.45) is 10.9 Å². The van der Waals surface area contributed by atoms with Crippen LogP contribution in [0, 0.1) is 0 Å². The molecule has 0 bridgehead atoms. The number of benzene rings is 1. The zero-order chi connectivity index (χ0) is 13.7. The molecular weight excluding hydrogens is 242 g/mol. The van der Waals surface area contributed by atoms with Gasteiger partial charge in [-0.25, -0.2) is 0 Å². The minimum absolute atomic E-state index is 0.149. The van der Waals surface area contributed by atoms with E-state index in [-0.39, 0.29) is 5.84 Å². The van der Waals surface area contributed by atoms with Gasteiger partial charge in [-0.1, -0.05) is 23.4 Å². The molecule has 1 fully saturated rings. The summed E-state index contributed by atoms with van der Waals surface area (Å²) in [6.45, 7) is 2.55. The third kappa shape index (κ3) is 3.68. The van der Waals surface area contributed by atoms with Gasteiger partial charge in [0.25, 0.3) is 0 Å². The molecule has 5 nitrogen and oxygen atoms in total. The fraction of sp³-hybridized carbons (Fsp3) is 0.500. The third-order valence-electron chi connectivity index (χ3n) is 3.58. The molecule has 1 aliphatic rings. The number of nitrogens with two attached hydrogens (primary N) is 1. The van der Waals surface area contributed by atoms with Gasteiger partial charge in [0.05, 0.1) is 0 Å². The van der Waals surface area contributed by atoms with Crippen molar-refractivity contribution in [2.75, 3.05) is 20.3 Å². The van der Waals surface area contributed by atoms with Crippen molar-refractivity contribution in [3.63, 3.8) is 0 Å². The van der Waals surface area contributed by atoms with E-state index in [0.717, 1.165) is 43.7 Å². The normalized spacial score (nSPS) is 17.9. The van der Waals surface area contributed by atoms with E-state index in [2.05, 4.69) is 23.2 Å². The summed E-state index contributed by atoms with van der Waals surface area (Å²) in [7, 11) is 2.13. The smallest absolute Gasteiger partial charge is 0.170 e. The van der Waals surface area contributed by atoms with E-state index in [0.29, 0.717) is 6.04 Å². The molecule has 0 aliphatic carbocycles. The predicted octanol–water partition coefficient (Wildman–Crippen LogP) is 1.39. The summed E-state index contributed by atoms with van der Waals surface area (Å²) in [6, 6.07) is 8.36. The van der Waals surface area contributed by atoms with Crippen LogP contribution < -0.4 is 5.73 Å². The first kappa shape index (κ1) is 13.8. The second-order valence-corrected chi connectivity index (χ2v) is 4.94. The second-order valence-electron chi connectivity index (χ2n) is 4.94. The lowest BCUT2D eigenvalue weighted by Gasteiger charge is -2.31. The quantitative estimate of drug-likeness (QED) is 0.373. The molecule has 0 atom stereocenters. The maximum absolute atomic E-state index is 8.70. The van der Waals surface area contributed by atoms with Crippen LogP contribution in [-0.4, -0.2) is 42.2 Å². The van der Waals surface area contributed by atoms with Gasteiger partial charge in [-0.2, -0.15) is 0 Å². The Morgan fingerprint density at radius 3 is 2.89 bits per heavy atom. The molecule has 0 aromatic heterocycles. The second kappa shape index (κ2) is 6.54. The van der Waals surface area contributed by atoms with E-state index in [9.17, 15) is 0 Å². The number of nitrogens with zero attached hydrogens (tertiary/aromatic N) is 2. The van der Waals surface area contributed by atoms with Crippen LogP contribution in [0.2, 0.25) is 0 Å². The molecule has 2 rings (SSSR count). The lowest BCUT2D eigenvalue weighted by molar-refractivity contribution is 0.0407. The monoisotopic (exact) mass is 263 g/mol. The fourth-order valence-corrected chi connectivity index (χ4v) is 2.43. The Kier molecular flexibility index (Phi) is 4.76. The molecule has 0 unspecified atom stereocenters. The first-order valence-electron chi connectivity index (χ1n) is 6.55. The van der Waals surface area contributed by atoms with Crippen LogP contribution >= 0.6 is 0 Å². The molecule has 0 spiro atoms. The summed E-state index contributed by atoms with van der Waals surface area (Å²) >= 11 is 0. The van der Waals surface area contributed by atoms with Crippen LogP contribution in [0.1, 0.15) is 24.0 Å². The molecule has 3 N–H and O–H groups in total. The van der Waals surface area contributed by atoms with Gasteiger partial charge in [-0.05, 0) is 31.5 Å². The predicted molar refractivity (Wildman–Crippen MR) is 74.3 cm³/mol. The summed E-state index contributed by atoms with van der Waals surface area (Å²) in [5.41, 5.74) is 7.52. The molecule has 1 saturated heterocycles. The van der Waals surface area contributed by atoms with Gasteiger partial charge in [0.2, 0.25) is 0 Å². The largest absolute Gasteiger partial charge is 0.409 e. The number of rotatable bonds is 4. The molecule has 19 heavy (non-hydrogen) atoms. The SMILES string of the molecule is CN(Cc1cccc(/C(N)=N/O)c1)C1CCOCC1. The Balaban J connectivity index is 2.02. The Morgan fingerprint density at radius 1 is 1.47 bits per heavy atom.